The molecule has 3 atom stereocenters. The molecule has 0 bridgehead atoms. The topological polar surface area (TPSA) is 0 Å². The Balaban J connectivity index is 1.35. The average molecular weight is 633 g/mol. The zero-order chi connectivity index (χ0) is 30.3. The van der Waals surface area contributed by atoms with Crippen LogP contribution >= 0.6 is 23.8 Å². The molecule has 6 aromatic rings. The van der Waals surface area contributed by atoms with Gasteiger partial charge in [-0.1, -0.05) is 182 Å². The van der Waals surface area contributed by atoms with Crippen molar-refractivity contribution in [3.05, 3.63) is 194 Å². The van der Waals surface area contributed by atoms with Crippen LogP contribution in [-0.2, 0) is 0 Å². The van der Waals surface area contributed by atoms with Crippen LogP contribution in [0.1, 0.15) is 6.42 Å². The van der Waals surface area contributed by atoms with E-state index in [0.717, 1.165) is 6.42 Å². The predicted molar refractivity (Wildman–Crippen MR) is 203 cm³/mol. The minimum Gasteiger partial charge on any atom is -0.0836 e. The molecule has 0 spiro atoms. The number of rotatable bonds is 9. The van der Waals surface area contributed by atoms with E-state index in [1.165, 1.54) is 42.4 Å². The molecule has 0 amide bonds. The molecule has 0 aromatic heterocycles. The van der Waals surface area contributed by atoms with Crippen molar-refractivity contribution in [2.75, 3.05) is 0 Å². The molecule has 0 aliphatic heterocycles. The van der Waals surface area contributed by atoms with E-state index in [9.17, 15) is 0 Å². The fourth-order valence-corrected chi connectivity index (χ4v) is 13.7. The maximum atomic E-state index is 2.54. The molecule has 3 heteroatoms. The van der Waals surface area contributed by atoms with Crippen molar-refractivity contribution in [1.82, 2.24) is 0 Å². The van der Waals surface area contributed by atoms with Gasteiger partial charge in [0.15, 0.2) is 0 Å². The van der Waals surface area contributed by atoms with Crippen LogP contribution in [-0.4, -0.2) is 5.66 Å². The molecular weight excluding hydrogens is 597 g/mol. The molecule has 45 heavy (non-hydrogen) atoms. The third-order valence-electron chi connectivity index (χ3n) is 8.08. The van der Waals surface area contributed by atoms with Crippen LogP contribution in [0.25, 0.3) is 0 Å². The van der Waals surface area contributed by atoms with Crippen molar-refractivity contribution in [3.63, 3.8) is 0 Å². The highest BCUT2D eigenvalue weighted by molar-refractivity contribution is 7.81. The Labute approximate surface area is 271 Å². The van der Waals surface area contributed by atoms with Gasteiger partial charge in [-0.2, -0.15) is 0 Å². The lowest BCUT2D eigenvalue weighted by Gasteiger charge is -2.28. The summed E-state index contributed by atoms with van der Waals surface area (Å²) < 4.78 is 0. The molecule has 0 fully saturated rings. The fourth-order valence-electron chi connectivity index (χ4n) is 6.06. The molecule has 1 aliphatic carbocycles. The van der Waals surface area contributed by atoms with E-state index < -0.39 is 23.8 Å². The van der Waals surface area contributed by atoms with Crippen LogP contribution in [0.2, 0.25) is 0 Å². The second-order valence-corrected chi connectivity index (χ2v) is 17.9. The molecule has 218 valence electrons. The minimum atomic E-state index is -0.763. The summed E-state index contributed by atoms with van der Waals surface area (Å²) in [5.41, 5.74) is 0.495. The summed E-state index contributed by atoms with van der Waals surface area (Å²) in [5, 5.41) is 11.2. The summed E-state index contributed by atoms with van der Waals surface area (Å²) in [5.74, 6) is 0. The maximum Gasteiger partial charge on any atom is 0.00884 e. The SMILES string of the molecule is C1=CCC(P(c2ccccc2)c2cccc(P(c3ccccc3)c3cccc(P(c4ccccc4)c4ccccc4)c3)c2)C=C1. The Morgan fingerprint density at radius 1 is 0.356 bits per heavy atom. The highest BCUT2D eigenvalue weighted by Gasteiger charge is 2.25. The first-order valence-electron chi connectivity index (χ1n) is 15.5. The van der Waals surface area contributed by atoms with E-state index >= 15 is 0 Å². The second-order valence-electron chi connectivity index (χ2n) is 11.0. The molecule has 1 aliphatic rings. The molecule has 3 unspecified atom stereocenters. The van der Waals surface area contributed by atoms with Gasteiger partial charge < -0.3 is 0 Å². The third kappa shape index (κ3) is 6.86. The summed E-state index contributed by atoms with van der Waals surface area (Å²) in [6.07, 6.45) is 10.2. The molecule has 0 radical (unpaired) electrons. The average Bonchev–Trinajstić information content (AvgIpc) is 3.12. The van der Waals surface area contributed by atoms with Gasteiger partial charge in [0.2, 0.25) is 0 Å². The van der Waals surface area contributed by atoms with Gasteiger partial charge in [-0.15, -0.1) is 0 Å². The van der Waals surface area contributed by atoms with E-state index in [-0.39, 0.29) is 0 Å². The van der Waals surface area contributed by atoms with Gasteiger partial charge in [0.25, 0.3) is 0 Å². The molecule has 0 saturated heterocycles. The lowest BCUT2D eigenvalue weighted by molar-refractivity contribution is 1.05. The van der Waals surface area contributed by atoms with Crippen LogP contribution in [0.5, 0.6) is 0 Å². The van der Waals surface area contributed by atoms with Gasteiger partial charge in [-0.25, -0.2) is 0 Å². The first-order chi connectivity index (χ1) is 22.3. The van der Waals surface area contributed by atoms with Crippen molar-refractivity contribution in [2.45, 2.75) is 12.1 Å². The number of hydrogen-bond donors (Lipinski definition) is 0. The Kier molecular flexibility index (Phi) is 9.57. The summed E-state index contributed by atoms with van der Waals surface area (Å²) in [4.78, 5) is 0. The van der Waals surface area contributed by atoms with Crippen LogP contribution in [0.3, 0.4) is 0 Å². The summed E-state index contributed by atoms with van der Waals surface area (Å²) >= 11 is 0. The van der Waals surface area contributed by atoms with Crippen LogP contribution in [0.4, 0.5) is 0 Å². The summed E-state index contributed by atoms with van der Waals surface area (Å²) in [6, 6.07) is 63.4. The number of allylic oxidation sites excluding steroid dienone is 4. The second kappa shape index (κ2) is 14.5. The molecule has 0 nitrogen and oxygen atoms in total. The highest BCUT2D eigenvalue weighted by Crippen LogP contribution is 2.44. The van der Waals surface area contributed by atoms with Crippen LogP contribution in [0.15, 0.2) is 194 Å². The normalized spacial score (nSPS) is 15.5. The molecule has 7 rings (SSSR count). The van der Waals surface area contributed by atoms with Crippen LogP contribution < -0.4 is 42.4 Å². The molecule has 0 saturated carbocycles. The zero-order valence-electron chi connectivity index (χ0n) is 25.1. The lowest BCUT2D eigenvalue weighted by atomic mass is 10.2. The van der Waals surface area contributed by atoms with Crippen molar-refractivity contribution in [3.8, 4) is 0 Å². The van der Waals surface area contributed by atoms with Crippen molar-refractivity contribution in [2.24, 2.45) is 0 Å². The maximum absolute atomic E-state index is 2.54. The first kappa shape index (κ1) is 29.8. The molecule has 0 N–H and O–H groups in total. The van der Waals surface area contributed by atoms with Crippen molar-refractivity contribution < 1.29 is 0 Å². The van der Waals surface area contributed by atoms with Gasteiger partial charge in [-0.3, -0.25) is 0 Å². The zero-order valence-corrected chi connectivity index (χ0v) is 27.8. The van der Waals surface area contributed by atoms with Crippen LogP contribution in [0, 0.1) is 0 Å². The molecule has 6 aromatic carbocycles. The van der Waals surface area contributed by atoms with Crippen molar-refractivity contribution in [1.29, 1.82) is 0 Å². The van der Waals surface area contributed by atoms with E-state index in [1.807, 2.05) is 0 Å². The smallest absolute Gasteiger partial charge is 0.00884 e. The standard InChI is InChI=1S/C42H35P3/c1-6-18-34(19-7-1)43(35-20-8-2-9-21-35)39-28-16-30-41(32-39)45(38-26-14-5-15-27-38)42-31-17-29-40(33-42)44(36-22-10-3-11-23-36)37-24-12-4-13-25-37/h1-24,26-33,37H,25H2. The Bertz CT molecular complexity index is 1840. The Morgan fingerprint density at radius 3 is 1.18 bits per heavy atom. The van der Waals surface area contributed by atoms with Gasteiger partial charge in [0, 0.05) is 5.66 Å². The molecule has 0 heterocycles. The monoisotopic (exact) mass is 632 g/mol. The van der Waals surface area contributed by atoms with Gasteiger partial charge in [-0.05, 0) is 84.8 Å². The highest BCUT2D eigenvalue weighted by atomic mass is 31.1. The van der Waals surface area contributed by atoms with E-state index in [2.05, 4.69) is 194 Å². The van der Waals surface area contributed by atoms with Crippen molar-refractivity contribution >= 4 is 66.2 Å². The fraction of sp³-hybridized carbons (Fsp3) is 0.0476. The Morgan fingerprint density at radius 2 is 0.733 bits per heavy atom. The lowest BCUT2D eigenvalue weighted by Crippen LogP contribution is -2.28. The summed E-state index contributed by atoms with van der Waals surface area (Å²) in [6.45, 7) is 0. The largest absolute Gasteiger partial charge is 0.0836 e. The number of hydrogen-bond acceptors (Lipinski definition) is 0. The third-order valence-corrected chi connectivity index (χ3v) is 15.6. The molecular formula is C42H35P3. The van der Waals surface area contributed by atoms with Gasteiger partial charge in [0.1, 0.15) is 0 Å². The van der Waals surface area contributed by atoms with Gasteiger partial charge in [0.05, 0.1) is 0 Å². The van der Waals surface area contributed by atoms with E-state index in [0.29, 0.717) is 5.66 Å². The Hall–Kier alpha value is -3.91. The summed E-state index contributed by atoms with van der Waals surface area (Å²) in [7, 11) is -1.99. The van der Waals surface area contributed by atoms with E-state index in [4.69, 9.17) is 0 Å². The predicted octanol–water partition coefficient (Wildman–Crippen LogP) is 7.52. The minimum absolute atomic E-state index is 0.495. The number of benzene rings is 6. The first-order valence-corrected chi connectivity index (χ1v) is 19.6. The van der Waals surface area contributed by atoms with E-state index in [1.54, 1.807) is 0 Å². The van der Waals surface area contributed by atoms with Gasteiger partial charge >= 0.3 is 0 Å². The quantitative estimate of drug-likeness (QED) is 0.145.